The predicted molar refractivity (Wildman–Crippen MR) is 88.2 cm³/mol. The van der Waals surface area contributed by atoms with Crippen LogP contribution in [-0.4, -0.2) is 59.3 Å². The van der Waals surface area contributed by atoms with E-state index in [0.29, 0.717) is 25.9 Å². The van der Waals surface area contributed by atoms with E-state index in [0.717, 1.165) is 25.2 Å². The van der Waals surface area contributed by atoms with E-state index in [4.69, 9.17) is 5.73 Å². The van der Waals surface area contributed by atoms with Gasteiger partial charge in [-0.3, -0.25) is 4.79 Å². The first-order valence-electron chi connectivity index (χ1n) is 8.31. The molecule has 1 aliphatic carbocycles. The number of benzene rings is 1. The van der Waals surface area contributed by atoms with Gasteiger partial charge in [0.25, 0.3) is 0 Å². The topological polar surface area (TPSA) is 90.0 Å². The Kier molecular flexibility index (Phi) is 4.73. The Balaban J connectivity index is 1.55. The quantitative estimate of drug-likeness (QED) is 0.740. The van der Waals surface area contributed by atoms with Crippen LogP contribution in [0.25, 0.3) is 0 Å². The highest BCUT2D eigenvalue weighted by Crippen LogP contribution is 2.27. The molecule has 1 heterocycles. The van der Waals surface area contributed by atoms with E-state index >= 15 is 0 Å². The average Bonchev–Trinajstić information content (AvgIpc) is 2.57. The second kappa shape index (κ2) is 6.76. The van der Waals surface area contributed by atoms with Crippen LogP contribution >= 0.6 is 0 Å². The summed E-state index contributed by atoms with van der Waals surface area (Å²) in [7, 11) is 0. The first kappa shape index (κ1) is 16.1. The van der Waals surface area contributed by atoms with Crippen molar-refractivity contribution >= 4 is 11.6 Å². The number of carbonyl (C=O) groups is 1. The molecule has 0 spiro atoms. The maximum Gasteiger partial charge on any atom is 0.225 e. The summed E-state index contributed by atoms with van der Waals surface area (Å²) >= 11 is 0. The van der Waals surface area contributed by atoms with Gasteiger partial charge in [0.15, 0.2) is 0 Å². The van der Waals surface area contributed by atoms with E-state index in [1.807, 2.05) is 17.0 Å². The normalized spacial score (nSPS) is 28.7. The van der Waals surface area contributed by atoms with E-state index in [-0.39, 0.29) is 23.6 Å². The van der Waals surface area contributed by atoms with E-state index < -0.39 is 6.10 Å². The molecule has 0 unspecified atom stereocenters. The molecule has 1 aromatic rings. The number of nitrogens with zero attached hydrogens (tertiary/aromatic N) is 2. The van der Waals surface area contributed by atoms with Crippen molar-refractivity contribution in [2.45, 2.75) is 31.4 Å². The molecule has 1 amide bonds. The zero-order valence-electron chi connectivity index (χ0n) is 13.3. The SMILES string of the molecule is N[C@@H]1C[C@@H](C(=O)N2CCN(c3cccc(O)c3)CC2)CC[C@H]1O. The van der Waals surface area contributed by atoms with Gasteiger partial charge in [-0.25, -0.2) is 0 Å². The highest BCUT2D eigenvalue weighted by Gasteiger charge is 2.34. The van der Waals surface area contributed by atoms with Crippen molar-refractivity contribution in [1.29, 1.82) is 0 Å². The van der Waals surface area contributed by atoms with Crippen LogP contribution in [0.4, 0.5) is 5.69 Å². The van der Waals surface area contributed by atoms with Crippen LogP contribution in [0.3, 0.4) is 0 Å². The van der Waals surface area contributed by atoms with E-state index in [2.05, 4.69) is 4.90 Å². The van der Waals surface area contributed by atoms with Gasteiger partial charge in [0.2, 0.25) is 5.91 Å². The van der Waals surface area contributed by atoms with Crippen LogP contribution < -0.4 is 10.6 Å². The molecule has 3 rings (SSSR count). The Morgan fingerprint density at radius 3 is 2.57 bits per heavy atom. The molecular formula is C17H25N3O3. The van der Waals surface area contributed by atoms with E-state index in [1.165, 1.54) is 0 Å². The van der Waals surface area contributed by atoms with Crippen molar-refractivity contribution in [3.8, 4) is 5.75 Å². The number of hydrogen-bond donors (Lipinski definition) is 3. The summed E-state index contributed by atoms with van der Waals surface area (Å²) in [5, 5.41) is 19.3. The first-order valence-corrected chi connectivity index (χ1v) is 8.31. The van der Waals surface area contributed by atoms with Gasteiger partial charge in [-0.15, -0.1) is 0 Å². The second-order valence-electron chi connectivity index (χ2n) is 6.57. The molecular weight excluding hydrogens is 294 g/mol. The number of amides is 1. The minimum atomic E-state index is -0.471. The van der Waals surface area contributed by atoms with Crippen LogP contribution in [0.2, 0.25) is 0 Å². The number of carbonyl (C=O) groups excluding carboxylic acids is 1. The molecule has 1 saturated heterocycles. The number of aliphatic hydroxyl groups excluding tert-OH is 1. The molecule has 1 aromatic carbocycles. The van der Waals surface area contributed by atoms with Gasteiger partial charge in [0, 0.05) is 49.9 Å². The smallest absolute Gasteiger partial charge is 0.225 e. The lowest BCUT2D eigenvalue weighted by molar-refractivity contribution is -0.137. The van der Waals surface area contributed by atoms with Crippen LogP contribution in [-0.2, 0) is 4.79 Å². The number of nitrogens with two attached hydrogens (primary N) is 1. The molecule has 2 fully saturated rings. The number of piperazine rings is 1. The Morgan fingerprint density at radius 2 is 1.91 bits per heavy atom. The second-order valence-corrected chi connectivity index (χ2v) is 6.57. The molecule has 0 aromatic heterocycles. The molecule has 0 bridgehead atoms. The van der Waals surface area contributed by atoms with Gasteiger partial charge in [-0.2, -0.15) is 0 Å². The molecule has 23 heavy (non-hydrogen) atoms. The number of phenols is 1. The number of hydrogen-bond acceptors (Lipinski definition) is 5. The number of phenolic OH excluding ortho intramolecular Hbond substituents is 1. The fourth-order valence-corrected chi connectivity index (χ4v) is 3.55. The highest BCUT2D eigenvalue weighted by molar-refractivity contribution is 5.79. The molecule has 1 saturated carbocycles. The molecule has 1 aliphatic heterocycles. The molecule has 6 heteroatoms. The molecule has 126 valence electrons. The summed E-state index contributed by atoms with van der Waals surface area (Å²) in [5.74, 6) is 0.374. The number of aromatic hydroxyl groups is 1. The van der Waals surface area contributed by atoms with Crippen LogP contribution in [0.5, 0.6) is 5.75 Å². The monoisotopic (exact) mass is 319 g/mol. The van der Waals surface area contributed by atoms with Crippen LogP contribution in [0.1, 0.15) is 19.3 Å². The highest BCUT2D eigenvalue weighted by atomic mass is 16.3. The number of aliphatic hydroxyl groups is 1. The Morgan fingerprint density at radius 1 is 1.17 bits per heavy atom. The largest absolute Gasteiger partial charge is 0.508 e. The lowest BCUT2D eigenvalue weighted by atomic mass is 9.83. The number of rotatable bonds is 2. The standard InChI is InChI=1S/C17H25N3O3/c18-15-10-12(4-5-16(15)22)17(23)20-8-6-19(7-9-20)13-2-1-3-14(21)11-13/h1-3,11-12,15-16,21-22H,4-10,18H2/t12-,15+,16+/m0/s1. The van der Waals surface area contributed by atoms with Crippen molar-refractivity contribution < 1.29 is 15.0 Å². The maximum atomic E-state index is 12.6. The lowest BCUT2D eigenvalue weighted by Gasteiger charge is -2.39. The van der Waals surface area contributed by atoms with Gasteiger partial charge in [0.05, 0.1) is 6.10 Å². The third-order valence-corrected chi connectivity index (χ3v) is 5.00. The van der Waals surface area contributed by atoms with Gasteiger partial charge >= 0.3 is 0 Å². The maximum absolute atomic E-state index is 12.6. The first-order chi connectivity index (χ1) is 11.0. The van der Waals surface area contributed by atoms with Gasteiger partial charge < -0.3 is 25.7 Å². The molecule has 3 atom stereocenters. The minimum Gasteiger partial charge on any atom is -0.508 e. The number of anilines is 1. The third-order valence-electron chi connectivity index (χ3n) is 5.00. The summed E-state index contributed by atoms with van der Waals surface area (Å²) in [4.78, 5) is 16.7. The Bertz CT molecular complexity index is 558. The Hall–Kier alpha value is -1.79. The van der Waals surface area contributed by atoms with Gasteiger partial charge in [-0.05, 0) is 31.4 Å². The van der Waals surface area contributed by atoms with E-state index in [9.17, 15) is 15.0 Å². The van der Waals surface area contributed by atoms with Gasteiger partial charge in [-0.1, -0.05) is 6.07 Å². The molecule has 0 radical (unpaired) electrons. The zero-order valence-corrected chi connectivity index (χ0v) is 13.3. The summed E-state index contributed by atoms with van der Waals surface area (Å²) < 4.78 is 0. The van der Waals surface area contributed by atoms with Crippen molar-refractivity contribution in [3.05, 3.63) is 24.3 Å². The zero-order chi connectivity index (χ0) is 16.4. The van der Waals surface area contributed by atoms with Gasteiger partial charge in [0.1, 0.15) is 5.75 Å². The van der Waals surface area contributed by atoms with E-state index in [1.54, 1.807) is 12.1 Å². The Labute approximate surface area is 136 Å². The fourth-order valence-electron chi connectivity index (χ4n) is 3.55. The van der Waals surface area contributed by atoms with Crippen molar-refractivity contribution in [3.63, 3.8) is 0 Å². The summed E-state index contributed by atoms with van der Waals surface area (Å²) in [6.45, 7) is 2.89. The van der Waals surface area contributed by atoms with Crippen LogP contribution in [0.15, 0.2) is 24.3 Å². The molecule has 4 N–H and O–H groups in total. The summed E-state index contributed by atoms with van der Waals surface area (Å²) in [5.41, 5.74) is 6.88. The fraction of sp³-hybridized carbons (Fsp3) is 0.588. The minimum absolute atomic E-state index is 0.0549. The van der Waals surface area contributed by atoms with Crippen molar-refractivity contribution in [2.24, 2.45) is 11.7 Å². The summed E-state index contributed by atoms with van der Waals surface area (Å²) in [6.07, 6.45) is 1.44. The predicted octanol–water partition coefficient (Wildman–Crippen LogP) is 0.529. The molecule has 2 aliphatic rings. The van der Waals surface area contributed by atoms with Crippen molar-refractivity contribution in [2.75, 3.05) is 31.1 Å². The van der Waals surface area contributed by atoms with Crippen molar-refractivity contribution in [1.82, 2.24) is 4.90 Å². The average molecular weight is 319 g/mol. The molecule has 6 nitrogen and oxygen atoms in total. The summed E-state index contributed by atoms with van der Waals surface area (Å²) in [6, 6.07) is 6.92. The lowest BCUT2D eigenvalue weighted by Crippen LogP contribution is -2.52. The van der Waals surface area contributed by atoms with Crippen LogP contribution in [0, 0.1) is 5.92 Å². The third kappa shape index (κ3) is 3.59.